The maximum Gasteiger partial charge on any atom is 0.253 e. The van der Waals surface area contributed by atoms with Crippen molar-refractivity contribution >= 4 is 5.91 Å². The molecule has 0 aliphatic heterocycles. The van der Waals surface area contributed by atoms with Crippen molar-refractivity contribution in [2.45, 2.75) is 231 Å². The lowest BCUT2D eigenvalue weighted by molar-refractivity contribution is 0.0718. The highest BCUT2D eigenvalue weighted by atomic mass is 16.5. The van der Waals surface area contributed by atoms with Gasteiger partial charge in [-0.15, -0.1) is 0 Å². The van der Waals surface area contributed by atoms with Gasteiger partial charge in [-0.3, -0.25) is 4.79 Å². The normalized spacial score (nSPS) is 12.1. The molecule has 2 atom stereocenters. The molecule has 1 aromatic rings. The molecule has 0 aliphatic carbocycles. The van der Waals surface area contributed by atoms with Gasteiger partial charge in [0.25, 0.3) is 5.91 Å². The fourth-order valence-electron chi connectivity index (χ4n) is 7.20. The molecule has 5 N–H and O–H groups in total. The fourth-order valence-corrected chi connectivity index (χ4v) is 7.20. The van der Waals surface area contributed by atoms with E-state index < -0.39 is 6.04 Å². The van der Waals surface area contributed by atoms with Crippen molar-refractivity contribution in [3.8, 4) is 6.07 Å². The van der Waals surface area contributed by atoms with Crippen LogP contribution in [0.4, 0.5) is 0 Å². The van der Waals surface area contributed by atoms with Crippen LogP contribution < -0.4 is 11.1 Å². The number of amides is 1. The number of carbonyl (C=O) groups excluding carboxylic acids is 1. The smallest absolute Gasteiger partial charge is 0.253 e. The third-order valence-electron chi connectivity index (χ3n) is 11.0. The van der Waals surface area contributed by atoms with E-state index in [1.165, 1.54) is 186 Å². The summed E-state index contributed by atoms with van der Waals surface area (Å²) in [6.07, 6.45) is 43.7. The minimum absolute atomic E-state index is 0.0129. The molecular weight excluding hydrogens is 723 g/mol. The Morgan fingerprint density at radius 3 is 1.26 bits per heavy atom. The second-order valence-corrected chi connectivity index (χ2v) is 16.7. The van der Waals surface area contributed by atoms with Crippen LogP contribution in [0.15, 0.2) is 24.3 Å². The van der Waals surface area contributed by atoms with Gasteiger partial charge in [-0.1, -0.05) is 219 Å². The summed E-state index contributed by atoms with van der Waals surface area (Å²) in [4.78, 5) is 12.4. The molecule has 8 nitrogen and oxygen atoms in total. The SMILES string of the molecule is CCCCCCCCCCCCCCCCCCOC[C@@H](N)CO.CCCCCCCCCCCCCCCCCCOC[C@H](CO)NC(=O)c1ccccc1C#N. The van der Waals surface area contributed by atoms with Crippen LogP contribution in [0.1, 0.15) is 235 Å². The zero-order chi connectivity index (χ0) is 42.4. The molecule has 8 heteroatoms. The molecule has 1 aromatic carbocycles. The van der Waals surface area contributed by atoms with Crippen LogP contribution in [-0.2, 0) is 9.47 Å². The van der Waals surface area contributed by atoms with Crippen molar-refractivity contribution in [1.82, 2.24) is 5.32 Å². The van der Waals surface area contributed by atoms with Crippen LogP contribution in [0.25, 0.3) is 0 Å². The van der Waals surface area contributed by atoms with Gasteiger partial charge in [0, 0.05) is 13.2 Å². The first kappa shape index (κ1) is 56.0. The van der Waals surface area contributed by atoms with E-state index in [-0.39, 0.29) is 31.8 Å². The lowest BCUT2D eigenvalue weighted by atomic mass is 10.0. The van der Waals surface area contributed by atoms with Crippen LogP contribution in [0, 0.1) is 11.3 Å². The van der Waals surface area contributed by atoms with Crippen LogP contribution in [-0.4, -0.2) is 67.8 Å². The molecule has 338 valence electrons. The molecule has 58 heavy (non-hydrogen) atoms. The topological polar surface area (TPSA) is 138 Å². The molecule has 0 spiro atoms. The Bertz CT molecular complexity index is 1030. The van der Waals surface area contributed by atoms with Gasteiger partial charge in [-0.05, 0) is 25.0 Å². The molecule has 0 saturated carbocycles. The summed E-state index contributed by atoms with van der Waals surface area (Å²) in [5.41, 5.74) is 6.22. The molecule has 0 radical (unpaired) electrons. The second kappa shape index (κ2) is 46.1. The van der Waals surface area contributed by atoms with E-state index in [1.807, 2.05) is 6.07 Å². The lowest BCUT2D eigenvalue weighted by Gasteiger charge is -2.17. The molecule has 1 amide bonds. The summed E-state index contributed by atoms with van der Waals surface area (Å²) in [5.74, 6) is -0.359. The molecule has 0 aromatic heterocycles. The molecule has 0 fully saturated rings. The van der Waals surface area contributed by atoms with Gasteiger partial charge in [0.1, 0.15) is 0 Å². The van der Waals surface area contributed by atoms with Gasteiger partial charge in [0.2, 0.25) is 0 Å². The van der Waals surface area contributed by atoms with Gasteiger partial charge in [0.15, 0.2) is 0 Å². The largest absolute Gasteiger partial charge is 0.395 e. The lowest BCUT2D eigenvalue weighted by Crippen LogP contribution is -2.41. The number of nitrogens with one attached hydrogen (secondary N) is 1. The molecule has 1 rings (SSSR count). The zero-order valence-corrected chi connectivity index (χ0v) is 38.0. The number of carbonyl (C=O) groups is 1. The highest BCUT2D eigenvalue weighted by molar-refractivity contribution is 5.96. The third kappa shape index (κ3) is 38.2. The number of ether oxygens (including phenoxy) is 2. The Hall–Kier alpha value is -2.02. The number of rotatable bonds is 42. The number of hydrogen-bond acceptors (Lipinski definition) is 7. The standard InChI is InChI=1S/C29H48N2O3.C21H45NO2/c1-2-3-4-5-6-7-8-9-10-11-12-13-14-15-16-19-22-34-25-27(24-32)31-29(33)28-21-18-17-20-26(28)23-30;1-2-3-4-5-6-7-8-9-10-11-12-13-14-15-16-17-18-24-20-21(22)19-23/h17-18,20-21,27,32H,2-16,19,22,24-25H2,1H3,(H,31,33);21,23H,2-20,22H2,1H3/t27-;21-/m00/s1. The van der Waals surface area contributed by atoms with Gasteiger partial charge in [-0.25, -0.2) is 0 Å². The third-order valence-corrected chi connectivity index (χ3v) is 11.0. The first-order valence-electron chi connectivity index (χ1n) is 24.5. The molecular formula is C50H93N3O5. The zero-order valence-electron chi connectivity index (χ0n) is 38.0. The van der Waals surface area contributed by atoms with Crippen molar-refractivity contribution in [3.05, 3.63) is 35.4 Å². The van der Waals surface area contributed by atoms with Crippen molar-refractivity contribution in [3.63, 3.8) is 0 Å². The van der Waals surface area contributed by atoms with Crippen molar-refractivity contribution in [2.24, 2.45) is 5.73 Å². The van der Waals surface area contributed by atoms with E-state index in [0.717, 1.165) is 25.9 Å². The monoisotopic (exact) mass is 816 g/mol. The molecule has 0 bridgehead atoms. The predicted molar refractivity (Wildman–Crippen MR) is 245 cm³/mol. The van der Waals surface area contributed by atoms with E-state index in [2.05, 4.69) is 19.2 Å². The predicted octanol–water partition coefficient (Wildman–Crippen LogP) is 12.5. The number of unbranched alkanes of at least 4 members (excludes halogenated alkanes) is 30. The first-order chi connectivity index (χ1) is 28.5. The number of nitriles is 1. The maximum absolute atomic E-state index is 12.4. The first-order valence-corrected chi connectivity index (χ1v) is 24.5. The Balaban J connectivity index is 0.00000119. The molecule has 0 heterocycles. The number of aliphatic hydroxyl groups is 2. The molecule has 0 unspecified atom stereocenters. The second-order valence-electron chi connectivity index (χ2n) is 16.7. The summed E-state index contributed by atoms with van der Waals surface area (Å²) >= 11 is 0. The summed E-state index contributed by atoms with van der Waals surface area (Å²) in [5, 5.41) is 30.2. The number of hydrogen-bond donors (Lipinski definition) is 4. The number of nitrogens with two attached hydrogens (primary N) is 1. The Kier molecular flexibility index (Phi) is 44.4. The number of benzene rings is 1. The average Bonchev–Trinajstić information content (AvgIpc) is 3.25. The minimum atomic E-state index is -0.472. The maximum atomic E-state index is 12.4. The van der Waals surface area contributed by atoms with Crippen LogP contribution in [0.2, 0.25) is 0 Å². The van der Waals surface area contributed by atoms with E-state index in [9.17, 15) is 9.90 Å². The highest BCUT2D eigenvalue weighted by Gasteiger charge is 2.16. The highest BCUT2D eigenvalue weighted by Crippen LogP contribution is 2.15. The summed E-state index contributed by atoms with van der Waals surface area (Å²) in [6, 6.07) is 7.99. The van der Waals surface area contributed by atoms with E-state index in [4.69, 9.17) is 25.6 Å². The van der Waals surface area contributed by atoms with E-state index >= 15 is 0 Å². The van der Waals surface area contributed by atoms with E-state index in [0.29, 0.717) is 24.3 Å². The Morgan fingerprint density at radius 1 is 0.569 bits per heavy atom. The van der Waals surface area contributed by atoms with Crippen LogP contribution >= 0.6 is 0 Å². The van der Waals surface area contributed by atoms with Gasteiger partial charge in [0.05, 0.1) is 55.7 Å². The number of aliphatic hydroxyl groups excluding tert-OH is 2. The summed E-state index contributed by atoms with van der Waals surface area (Å²) in [6.45, 7) is 6.55. The quantitative estimate of drug-likeness (QED) is 0.0482. The van der Waals surface area contributed by atoms with Crippen LogP contribution in [0.3, 0.4) is 0 Å². The Labute approximate surface area is 358 Å². The van der Waals surface area contributed by atoms with Crippen molar-refractivity contribution < 1.29 is 24.5 Å². The Morgan fingerprint density at radius 2 is 0.914 bits per heavy atom. The fraction of sp³-hybridized carbons (Fsp3) is 0.840. The van der Waals surface area contributed by atoms with Crippen LogP contribution in [0.5, 0.6) is 0 Å². The van der Waals surface area contributed by atoms with Gasteiger partial charge >= 0.3 is 0 Å². The van der Waals surface area contributed by atoms with Crippen molar-refractivity contribution in [2.75, 3.05) is 39.6 Å². The van der Waals surface area contributed by atoms with Crippen molar-refractivity contribution in [1.29, 1.82) is 5.26 Å². The molecule has 0 saturated heterocycles. The molecule has 0 aliphatic rings. The van der Waals surface area contributed by atoms with Gasteiger partial charge < -0.3 is 30.7 Å². The number of nitrogens with zero attached hydrogens (tertiary/aromatic N) is 1. The minimum Gasteiger partial charge on any atom is -0.395 e. The average molecular weight is 816 g/mol. The van der Waals surface area contributed by atoms with Gasteiger partial charge in [-0.2, -0.15) is 5.26 Å². The van der Waals surface area contributed by atoms with E-state index in [1.54, 1.807) is 24.3 Å². The summed E-state index contributed by atoms with van der Waals surface area (Å²) in [7, 11) is 0. The summed E-state index contributed by atoms with van der Waals surface area (Å²) < 4.78 is 11.1.